The van der Waals surface area contributed by atoms with Gasteiger partial charge in [0.05, 0.1) is 5.41 Å². The predicted molar refractivity (Wildman–Crippen MR) is 60.6 cm³/mol. The number of carboxylic acid groups (broad SMARTS) is 1. The van der Waals surface area contributed by atoms with Crippen LogP contribution in [-0.4, -0.2) is 40.8 Å². The molecule has 2 atom stereocenters. The molecule has 2 fully saturated rings. The van der Waals surface area contributed by atoms with Crippen LogP contribution in [0.15, 0.2) is 0 Å². The molecule has 1 saturated heterocycles. The molecule has 1 saturated carbocycles. The van der Waals surface area contributed by atoms with Crippen molar-refractivity contribution in [1.29, 1.82) is 0 Å². The van der Waals surface area contributed by atoms with E-state index in [1.54, 1.807) is 0 Å². The summed E-state index contributed by atoms with van der Waals surface area (Å²) in [7, 11) is 0. The van der Waals surface area contributed by atoms with Crippen LogP contribution >= 0.6 is 0 Å². The molecule has 0 aromatic heterocycles. The Bertz CT molecular complexity index is 360. The highest BCUT2D eigenvalue weighted by Gasteiger charge is 2.63. The van der Waals surface area contributed by atoms with Gasteiger partial charge in [-0.15, -0.1) is 0 Å². The molecule has 0 aromatic rings. The number of ether oxygens (including phenoxy) is 1. The maximum Gasteiger partial charge on any atom is 0.410 e. The minimum atomic E-state index is -0.782. The second-order valence-corrected chi connectivity index (χ2v) is 6.05. The fourth-order valence-corrected chi connectivity index (χ4v) is 2.50. The highest BCUT2D eigenvalue weighted by molar-refractivity contribution is 5.80. The lowest BCUT2D eigenvalue weighted by Crippen LogP contribution is -2.45. The van der Waals surface area contributed by atoms with Gasteiger partial charge < -0.3 is 14.7 Å². The Morgan fingerprint density at radius 2 is 2.06 bits per heavy atom. The number of aliphatic carboxylic acids is 1. The summed E-state index contributed by atoms with van der Waals surface area (Å²) in [6.07, 6.45) is 1.07. The van der Waals surface area contributed by atoms with E-state index >= 15 is 0 Å². The van der Waals surface area contributed by atoms with Gasteiger partial charge in [0.25, 0.3) is 0 Å². The number of rotatable bonds is 1. The summed E-state index contributed by atoms with van der Waals surface area (Å²) in [5.74, 6) is -0.533. The summed E-state index contributed by atoms with van der Waals surface area (Å²) in [5, 5.41) is 9.19. The van der Waals surface area contributed by atoms with Crippen LogP contribution in [-0.2, 0) is 9.53 Å². The van der Waals surface area contributed by atoms with Crippen LogP contribution in [0.25, 0.3) is 0 Å². The van der Waals surface area contributed by atoms with Crippen molar-refractivity contribution < 1.29 is 19.4 Å². The summed E-state index contributed by atoms with van der Waals surface area (Å²) >= 11 is 0. The molecule has 1 unspecified atom stereocenters. The minimum absolute atomic E-state index is 0.249. The third-order valence-electron chi connectivity index (χ3n) is 3.53. The van der Waals surface area contributed by atoms with E-state index in [1.807, 2.05) is 20.8 Å². The number of carbonyl (C=O) groups excluding carboxylic acids is 1. The number of amides is 1. The summed E-state index contributed by atoms with van der Waals surface area (Å²) < 4.78 is 5.26. The molecule has 2 aliphatic rings. The molecule has 17 heavy (non-hydrogen) atoms. The van der Waals surface area contributed by atoms with Crippen molar-refractivity contribution in [3.63, 3.8) is 0 Å². The monoisotopic (exact) mass is 241 g/mol. The summed E-state index contributed by atoms with van der Waals surface area (Å²) in [4.78, 5) is 24.6. The Morgan fingerprint density at radius 1 is 1.41 bits per heavy atom. The van der Waals surface area contributed by atoms with Gasteiger partial charge in [-0.3, -0.25) is 4.79 Å². The molecule has 96 valence electrons. The molecule has 1 amide bonds. The Kier molecular flexibility index (Phi) is 2.60. The lowest BCUT2D eigenvalue weighted by molar-refractivity contribution is -0.145. The first-order valence-corrected chi connectivity index (χ1v) is 5.96. The Balaban J connectivity index is 2.00. The second kappa shape index (κ2) is 3.62. The van der Waals surface area contributed by atoms with E-state index in [0.717, 1.165) is 6.42 Å². The average molecular weight is 241 g/mol. The van der Waals surface area contributed by atoms with Crippen LogP contribution < -0.4 is 0 Å². The molecule has 0 spiro atoms. The van der Waals surface area contributed by atoms with Crippen LogP contribution in [0, 0.1) is 11.3 Å². The van der Waals surface area contributed by atoms with Gasteiger partial charge in [-0.25, -0.2) is 4.79 Å². The highest BCUT2D eigenvalue weighted by Crippen LogP contribution is 2.57. The zero-order valence-corrected chi connectivity index (χ0v) is 10.5. The third-order valence-corrected chi connectivity index (χ3v) is 3.53. The van der Waals surface area contributed by atoms with E-state index in [4.69, 9.17) is 4.74 Å². The van der Waals surface area contributed by atoms with Gasteiger partial charge in [-0.05, 0) is 39.5 Å². The van der Waals surface area contributed by atoms with Crippen molar-refractivity contribution in [1.82, 2.24) is 4.90 Å². The molecule has 0 bridgehead atoms. The van der Waals surface area contributed by atoms with E-state index in [1.165, 1.54) is 4.90 Å². The summed E-state index contributed by atoms with van der Waals surface area (Å²) in [6, 6.07) is 0. The topological polar surface area (TPSA) is 66.8 Å². The molecule has 2 rings (SSSR count). The van der Waals surface area contributed by atoms with E-state index in [9.17, 15) is 14.7 Å². The van der Waals surface area contributed by atoms with Gasteiger partial charge in [-0.1, -0.05) is 0 Å². The summed E-state index contributed by atoms with van der Waals surface area (Å²) in [6.45, 7) is 6.32. The fraction of sp³-hybridized carbons (Fsp3) is 0.833. The van der Waals surface area contributed by atoms with Crippen molar-refractivity contribution in [3.8, 4) is 0 Å². The Labute approximate surface area is 101 Å². The molecule has 1 N–H and O–H groups in total. The van der Waals surface area contributed by atoms with Gasteiger partial charge in [0, 0.05) is 13.1 Å². The van der Waals surface area contributed by atoms with Crippen molar-refractivity contribution in [3.05, 3.63) is 0 Å². The maximum atomic E-state index is 11.9. The first-order valence-electron chi connectivity index (χ1n) is 5.96. The van der Waals surface area contributed by atoms with Crippen molar-refractivity contribution >= 4 is 12.1 Å². The van der Waals surface area contributed by atoms with Crippen LogP contribution in [0.4, 0.5) is 4.79 Å². The molecule has 1 aliphatic heterocycles. The van der Waals surface area contributed by atoms with E-state index < -0.39 is 23.1 Å². The molecule has 1 aliphatic carbocycles. The SMILES string of the molecule is CC(C)(C)OC(=O)N1CCC2C[C@@]2(C(=O)O)C1. The molecular weight excluding hydrogens is 222 g/mol. The largest absolute Gasteiger partial charge is 0.481 e. The molecular formula is C12H19NO4. The molecule has 0 aromatic carbocycles. The fourth-order valence-electron chi connectivity index (χ4n) is 2.50. The Morgan fingerprint density at radius 3 is 2.59 bits per heavy atom. The van der Waals surface area contributed by atoms with Gasteiger partial charge in [-0.2, -0.15) is 0 Å². The smallest absolute Gasteiger partial charge is 0.410 e. The first-order chi connectivity index (χ1) is 7.74. The van der Waals surface area contributed by atoms with Gasteiger partial charge in [0.1, 0.15) is 5.60 Å². The van der Waals surface area contributed by atoms with E-state index in [0.29, 0.717) is 19.5 Å². The number of likely N-dealkylation sites (tertiary alicyclic amines) is 1. The molecule has 5 nitrogen and oxygen atoms in total. The first kappa shape index (κ1) is 12.2. The van der Waals surface area contributed by atoms with Crippen LogP contribution in [0.5, 0.6) is 0 Å². The van der Waals surface area contributed by atoms with Crippen LogP contribution in [0.2, 0.25) is 0 Å². The van der Waals surface area contributed by atoms with E-state index in [-0.39, 0.29) is 5.92 Å². The number of piperidine rings is 1. The molecule has 5 heteroatoms. The third kappa shape index (κ3) is 2.23. The molecule has 1 heterocycles. The van der Waals surface area contributed by atoms with Crippen LogP contribution in [0.1, 0.15) is 33.6 Å². The lowest BCUT2D eigenvalue weighted by Gasteiger charge is -2.32. The lowest BCUT2D eigenvalue weighted by atomic mass is 9.98. The zero-order chi connectivity index (χ0) is 12.8. The maximum absolute atomic E-state index is 11.9. The highest BCUT2D eigenvalue weighted by atomic mass is 16.6. The van der Waals surface area contributed by atoms with Crippen LogP contribution in [0.3, 0.4) is 0 Å². The normalized spacial score (nSPS) is 31.7. The Hall–Kier alpha value is -1.26. The number of hydrogen-bond donors (Lipinski definition) is 1. The number of nitrogens with zero attached hydrogens (tertiary/aromatic N) is 1. The zero-order valence-electron chi connectivity index (χ0n) is 10.5. The number of carboxylic acids is 1. The standard InChI is InChI=1S/C12H19NO4/c1-11(2,3)17-10(16)13-5-4-8-6-12(8,7-13)9(14)15/h8H,4-7H2,1-3H3,(H,14,15)/t8?,12-/m1/s1. The number of carbonyl (C=O) groups is 2. The van der Waals surface area contributed by atoms with Crippen molar-refractivity contribution in [2.45, 2.75) is 39.2 Å². The van der Waals surface area contributed by atoms with Crippen molar-refractivity contribution in [2.24, 2.45) is 11.3 Å². The van der Waals surface area contributed by atoms with E-state index in [2.05, 4.69) is 0 Å². The number of fused-ring (bicyclic) bond motifs is 1. The van der Waals surface area contributed by atoms with Gasteiger partial charge in [0.15, 0.2) is 0 Å². The van der Waals surface area contributed by atoms with Gasteiger partial charge >= 0.3 is 12.1 Å². The molecule has 0 radical (unpaired) electrons. The minimum Gasteiger partial charge on any atom is -0.481 e. The predicted octanol–water partition coefficient (Wildman–Crippen LogP) is 1.72. The summed E-state index contributed by atoms with van der Waals surface area (Å²) in [5.41, 5.74) is -1.22. The average Bonchev–Trinajstić information content (AvgIpc) is 2.88. The van der Waals surface area contributed by atoms with Gasteiger partial charge in [0.2, 0.25) is 0 Å². The number of hydrogen-bond acceptors (Lipinski definition) is 3. The second-order valence-electron chi connectivity index (χ2n) is 6.05. The quantitative estimate of drug-likeness (QED) is 0.759. The van der Waals surface area contributed by atoms with Crippen molar-refractivity contribution in [2.75, 3.05) is 13.1 Å².